The van der Waals surface area contributed by atoms with Gasteiger partial charge in [0.05, 0.1) is 6.10 Å². The van der Waals surface area contributed by atoms with Crippen molar-refractivity contribution in [2.24, 2.45) is 11.8 Å². The van der Waals surface area contributed by atoms with Gasteiger partial charge in [-0.3, -0.25) is 4.79 Å². The van der Waals surface area contributed by atoms with E-state index in [1.54, 1.807) is 13.0 Å². The highest BCUT2D eigenvalue weighted by Crippen LogP contribution is 2.36. The number of allylic oxidation sites excluding steroid dienone is 1. The first-order valence-electron chi connectivity index (χ1n) is 10.1. The number of aliphatic hydroxyl groups excluding tert-OH is 1. The lowest BCUT2D eigenvalue weighted by atomic mass is 9.86. The number of carboxylic acid groups (broad SMARTS) is 1. The zero-order valence-electron chi connectivity index (χ0n) is 16.0. The second kappa shape index (κ2) is 12.2. The van der Waals surface area contributed by atoms with Crippen LogP contribution in [0, 0.1) is 11.8 Å². The normalized spacial score (nSPS) is 22.4. The number of hydrogen-bond acceptors (Lipinski definition) is 3. The van der Waals surface area contributed by atoms with Crippen molar-refractivity contribution in [3.63, 3.8) is 0 Å². The van der Waals surface area contributed by atoms with Crippen molar-refractivity contribution in [1.29, 1.82) is 0 Å². The number of carboxylic acids is 1. The average molecular weight is 353 g/mol. The maximum absolute atomic E-state index is 12.1. The second-order valence-corrected chi connectivity index (χ2v) is 7.58. The summed E-state index contributed by atoms with van der Waals surface area (Å²) in [4.78, 5) is 22.9. The fourth-order valence-electron chi connectivity index (χ4n) is 3.81. The molecule has 1 saturated carbocycles. The van der Waals surface area contributed by atoms with Crippen LogP contribution in [0.5, 0.6) is 0 Å². The predicted octanol–water partition coefficient (Wildman–Crippen LogP) is 4.89. The van der Waals surface area contributed by atoms with Gasteiger partial charge < -0.3 is 10.2 Å². The van der Waals surface area contributed by atoms with E-state index in [0.717, 1.165) is 57.8 Å². The Hall–Kier alpha value is -1.16. The van der Waals surface area contributed by atoms with Gasteiger partial charge in [-0.25, -0.2) is 4.79 Å². The summed E-state index contributed by atoms with van der Waals surface area (Å²) in [5.74, 6) is 0.128. The molecule has 4 heteroatoms. The smallest absolute Gasteiger partial charge is 0.330 e. The van der Waals surface area contributed by atoms with E-state index in [1.807, 2.05) is 0 Å². The Morgan fingerprint density at radius 3 is 2.64 bits per heavy atom. The molecular weight excluding hydrogens is 316 g/mol. The summed E-state index contributed by atoms with van der Waals surface area (Å²) in [6.07, 6.45) is 12.9. The standard InChI is InChI=1S/C21H36O4/c1-3-4-6-10-18(22)14-12-17-13-15-20(23)19(17)11-8-5-7-9-16(2)21(24)25/h9,17-19,22H,3-8,10-15H2,1-2H3,(H,24,25)/t17-,18?,19+/m0/s1. The highest BCUT2D eigenvalue weighted by Gasteiger charge is 2.33. The third-order valence-electron chi connectivity index (χ3n) is 5.51. The molecule has 0 bridgehead atoms. The number of aliphatic hydroxyl groups is 1. The fraction of sp³-hybridized carbons (Fsp3) is 0.810. The van der Waals surface area contributed by atoms with Crippen LogP contribution in [0.2, 0.25) is 0 Å². The summed E-state index contributed by atoms with van der Waals surface area (Å²) >= 11 is 0. The number of rotatable bonds is 13. The Morgan fingerprint density at radius 1 is 1.20 bits per heavy atom. The summed E-state index contributed by atoms with van der Waals surface area (Å²) in [6, 6.07) is 0. The number of unbranched alkanes of at least 4 members (excludes halogenated alkanes) is 4. The quantitative estimate of drug-likeness (QED) is 0.365. The van der Waals surface area contributed by atoms with Crippen molar-refractivity contribution in [2.45, 2.75) is 97.0 Å². The lowest BCUT2D eigenvalue weighted by molar-refractivity contribution is -0.132. The number of carbonyl (C=O) groups excluding carboxylic acids is 1. The molecule has 144 valence electrons. The number of aliphatic carboxylic acids is 1. The summed E-state index contributed by atoms with van der Waals surface area (Å²) in [5.41, 5.74) is 0.395. The van der Waals surface area contributed by atoms with Crippen molar-refractivity contribution in [3.05, 3.63) is 11.6 Å². The van der Waals surface area contributed by atoms with Crippen molar-refractivity contribution in [3.8, 4) is 0 Å². The van der Waals surface area contributed by atoms with E-state index in [1.165, 1.54) is 12.8 Å². The van der Waals surface area contributed by atoms with Gasteiger partial charge in [-0.2, -0.15) is 0 Å². The summed E-state index contributed by atoms with van der Waals surface area (Å²) in [5, 5.41) is 18.9. The van der Waals surface area contributed by atoms with Gasteiger partial charge in [0.15, 0.2) is 0 Å². The third kappa shape index (κ3) is 8.66. The molecule has 0 saturated heterocycles. The second-order valence-electron chi connectivity index (χ2n) is 7.58. The van der Waals surface area contributed by atoms with E-state index >= 15 is 0 Å². The van der Waals surface area contributed by atoms with E-state index in [-0.39, 0.29) is 12.0 Å². The highest BCUT2D eigenvalue weighted by molar-refractivity contribution is 5.85. The predicted molar refractivity (Wildman–Crippen MR) is 100 cm³/mol. The number of ketones is 1. The molecule has 2 N–H and O–H groups in total. The first-order valence-corrected chi connectivity index (χ1v) is 10.1. The number of carbonyl (C=O) groups is 2. The topological polar surface area (TPSA) is 74.6 Å². The molecule has 0 aromatic heterocycles. The van der Waals surface area contributed by atoms with Gasteiger partial charge in [0.1, 0.15) is 5.78 Å². The minimum Gasteiger partial charge on any atom is -0.478 e. The molecule has 0 aromatic rings. The molecule has 1 rings (SSSR count). The fourth-order valence-corrected chi connectivity index (χ4v) is 3.81. The zero-order chi connectivity index (χ0) is 18.7. The van der Waals surface area contributed by atoms with Crippen LogP contribution in [0.3, 0.4) is 0 Å². The van der Waals surface area contributed by atoms with Crippen LogP contribution >= 0.6 is 0 Å². The minimum atomic E-state index is -0.858. The van der Waals surface area contributed by atoms with Crippen LogP contribution < -0.4 is 0 Å². The Labute approximate surface area is 152 Å². The Bertz CT molecular complexity index is 441. The van der Waals surface area contributed by atoms with Gasteiger partial charge >= 0.3 is 5.97 Å². The van der Waals surface area contributed by atoms with Crippen LogP contribution in [-0.4, -0.2) is 28.1 Å². The van der Waals surface area contributed by atoms with Crippen LogP contribution in [0.15, 0.2) is 11.6 Å². The Kier molecular flexibility index (Phi) is 10.7. The lowest BCUT2D eigenvalue weighted by Gasteiger charge is -2.20. The maximum Gasteiger partial charge on any atom is 0.330 e. The molecule has 0 aliphatic heterocycles. The van der Waals surface area contributed by atoms with Crippen molar-refractivity contribution in [1.82, 2.24) is 0 Å². The first-order chi connectivity index (χ1) is 12.0. The minimum absolute atomic E-state index is 0.160. The Balaban J connectivity index is 2.28. The SMILES string of the molecule is CCCCCC(O)CC[C@H]1CCC(=O)[C@@H]1CCCCC=C(C)C(=O)O. The molecule has 0 heterocycles. The molecular formula is C21H36O4. The highest BCUT2D eigenvalue weighted by atomic mass is 16.4. The molecule has 4 nitrogen and oxygen atoms in total. The van der Waals surface area contributed by atoms with Crippen LogP contribution in [0.4, 0.5) is 0 Å². The van der Waals surface area contributed by atoms with Gasteiger partial charge in [0, 0.05) is 17.9 Å². The van der Waals surface area contributed by atoms with Crippen molar-refractivity contribution < 1.29 is 19.8 Å². The van der Waals surface area contributed by atoms with Crippen LogP contribution in [0.1, 0.15) is 90.9 Å². The van der Waals surface area contributed by atoms with E-state index in [4.69, 9.17) is 5.11 Å². The average Bonchev–Trinajstić information content (AvgIpc) is 2.92. The van der Waals surface area contributed by atoms with E-state index in [9.17, 15) is 14.7 Å². The summed E-state index contributed by atoms with van der Waals surface area (Å²) in [7, 11) is 0. The van der Waals surface area contributed by atoms with Crippen LogP contribution in [-0.2, 0) is 9.59 Å². The summed E-state index contributed by atoms with van der Waals surface area (Å²) < 4.78 is 0. The van der Waals surface area contributed by atoms with E-state index < -0.39 is 5.97 Å². The van der Waals surface area contributed by atoms with Crippen molar-refractivity contribution >= 4 is 11.8 Å². The molecule has 1 aliphatic rings. The molecule has 1 unspecified atom stereocenters. The van der Waals surface area contributed by atoms with Gasteiger partial charge in [-0.15, -0.1) is 0 Å². The molecule has 1 fully saturated rings. The van der Waals surface area contributed by atoms with Gasteiger partial charge in [-0.1, -0.05) is 38.7 Å². The molecule has 0 aromatic carbocycles. The summed E-state index contributed by atoms with van der Waals surface area (Å²) in [6.45, 7) is 3.78. The van der Waals surface area contributed by atoms with Gasteiger partial charge in [0.25, 0.3) is 0 Å². The maximum atomic E-state index is 12.1. The molecule has 25 heavy (non-hydrogen) atoms. The molecule has 1 aliphatic carbocycles. The van der Waals surface area contributed by atoms with Crippen molar-refractivity contribution in [2.75, 3.05) is 0 Å². The lowest BCUT2D eigenvalue weighted by Crippen LogP contribution is -2.17. The van der Waals surface area contributed by atoms with E-state index in [0.29, 0.717) is 23.7 Å². The molecule has 0 radical (unpaired) electrons. The monoisotopic (exact) mass is 352 g/mol. The largest absolute Gasteiger partial charge is 0.478 e. The third-order valence-corrected chi connectivity index (χ3v) is 5.51. The zero-order valence-corrected chi connectivity index (χ0v) is 16.0. The molecule has 0 spiro atoms. The molecule has 3 atom stereocenters. The molecule has 0 amide bonds. The van der Waals surface area contributed by atoms with E-state index in [2.05, 4.69) is 6.92 Å². The Morgan fingerprint density at radius 2 is 1.96 bits per heavy atom. The van der Waals surface area contributed by atoms with Gasteiger partial charge in [0.2, 0.25) is 0 Å². The number of Topliss-reactive ketones (excluding diaryl/α,β-unsaturated/α-hetero) is 1. The first kappa shape index (κ1) is 21.9. The van der Waals surface area contributed by atoms with Crippen LogP contribution in [0.25, 0.3) is 0 Å². The van der Waals surface area contributed by atoms with Gasteiger partial charge in [-0.05, 0) is 57.8 Å². The number of hydrogen-bond donors (Lipinski definition) is 2.